The minimum Gasteiger partial charge on any atom is -0.383 e. The molecule has 1 aliphatic carbocycles. The van der Waals surface area contributed by atoms with E-state index in [1.54, 1.807) is 24.3 Å². The van der Waals surface area contributed by atoms with Gasteiger partial charge in [-0.1, -0.05) is 55.3 Å². The largest absolute Gasteiger partial charge is 0.413 e. The Kier molecular flexibility index (Phi) is 7.04. The Bertz CT molecular complexity index is 1600. The van der Waals surface area contributed by atoms with E-state index in [0.29, 0.717) is 45.0 Å². The molecule has 5 rings (SSSR count). The number of hydrogen-bond acceptors (Lipinski definition) is 7. The Balaban J connectivity index is 1.58. The molecule has 1 saturated carbocycles. The van der Waals surface area contributed by atoms with Crippen molar-refractivity contribution in [3.05, 3.63) is 69.9 Å². The van der Waals surface area contributed by atoms with E-state index in [2.05, 4.69) is 57.8 Å². The van der Waals surface area contributed by atoms with E-state index in [4.69, 9.17) is 23.2 Å². The monoisotopic (exact) mass is 588 g/mol. The number of rotatable bonds is 7. The molecule has 0 bridgehead atoms. The van der Waals surface area contributed by atoms with Crippen LogP contribution in [0.2, 0.25) is 10.2 Å². The number of alkyl halides is 3. The SMILES string of the molecule is CC(C)(C)CNc1c(C#N)cnc2c(Cl)cc(NC(c3ccc(Cl)nc3)c3cn(C4(C(F)(F)F)CC4)nn3)cc12. The minimum absolute atomic E-state index is 0.0568. The van der Waals surface area contributed by atoms with Crippen LogP contribution in [0, 0.1) is 16.7 Å². The van der Waals surface area contributed by atoms with Crippen LogP contribution in [0.1, 0.15) is 56.5 Å². The second kappa shape index (κ2) is 10.1. The summed E-state index contributed by atoms with van der Waals surface area (Å²) >= 11 is 12.6. The second-order valence-electron chi connectivity index (χ2n) is 11.0. The fourth-order valence-corrected chi connectivity index (χ4v) is 4.78. The lowest BCUT2D eigenvalue weighted by atomic mass is 9.96. The van der Waals surface area contributed by atoms with Crippen molar-refractivity contribution in [1.29, 1.82) is 5.26 Å². The van der Waals surface area contributed by atoms with Gasteiger partial charge in [0.05, 0.1) is 34.0 Å². The summed E-state index contributed by atoms with van der Waals surface area (Å²) in [7, 11) is 0. The average molecular weight is 589 g/mol. The summed E-state index contributed by atoms with van der Waals surface area (Å²) < 4.78 is 42.2. The molecule has 13 heteroatoms. The second-order valence-corrected chi connectivity index (χ2v) is 11.8. The fraction of sp³-hybridized carbons (Fsp3) is 0.370. The highest BCUT2D eigenvalue weighted by Gasteiger charge is 2.66. The van der Waals surface area contributed by atoms with Gasteiger partial charge < -0.3 is 10.6 Å². The Labute approximate surface area is 238 Å². The summed E-state index contributed by atoms with van der Waals surface area (Å²) in [5.41, 5.74) is 0.706. The zero-order chi connectivity index (χ0) is 28.9. The highest BCUT2D eigenvalue weighted by Crippen LogP contribution is 2.55. The summed E-state index contributed by atoms with van der Waals surface area (Å²) in [6.45, 7) is 6.78. The van der Waals surface area contributed by atoms with E-state index < -0.39 is 17.8 Å². The maximum atomic E-state index is 13.8. The zero-order valence-electron chi connectivity index (χ0n) is 21.8. The predicted molar refractivity (Wildman–Crippen MR) is 147 cm³/mol. The maximum absolute atomic E-state index is 13.8. The van der Waals surface area contributed by atoms with Crippen molar-refractivity contribution >= 4 is 45.5 Å². The van der Waals surface area contributed by atoms with Crippen LogP contribution in [0.4, 0.5) is 24.5 Å². The maximum Gasteiger partial charge on any atom is 0.413 e. The number of hydrogen-bond donors (Lipinski definition) is 2. The van der Waals surface area contributed by atoms with E-state index in [-0.39, 0.29) is 29.1 Å². The molecular formula is C27H25Cl2F3N8. The van der Waals surface area contributed by atoms with E-state index in [1.165, 1.54) is 18.6 Å². The normalized spacial score (nSPS) is 15.5. The standard InChI is InChI=1S/C27H25Cl2F3N8/c1-25(2,3)14-36-22-16(10-33)12-35-24-18(22)8-17(9-19(24)28)37-23(15-4-5-21(29)34-11-15)20-13-40(39-38-20)26(6-7-26)27(30,31)32/h4-5,8-9,11-13,23,37H,6-7,14H2,1-3H3,(H,35,36). The van der Waals surface area contributed by atoms with E-state index >= 15 is 0 Å². The van der Waals surface area contributed by atoms with Crippen molar-refractivity contribution in [1.82, 2.24) is 25.0 Å². The van der Waals surface area contributed by atoms with Crippen molar-refractivity contribution in [2.45, 2.75) is 51.4 Å². The summed E-state index contributed by atoms with van der Waals surface area (Å²) in [5.74, 6) is 0. The molecule has 1 unspecified atom stereocenters. The smallest absolute Gasteiger partial charge is 0.383 e. The van der Waals surface area contributed by atoms with Gasteiger partial charge >= 0.3 is 6.18 Å². The van der Waals surface area contributed by atoms with E-state index in [1.807, 2.05) is 0 Å². The number of nitrogens with one attached hydrogen (secondary N) is 2. The van der Waals surface area contributed by atoms with E-state index in [0.717, 1.165) is 4.68 Å². The van der Waals surface area contributed by atoms with Gasteiger partial charge in [-0.05, 0) is 42.0 Å². The van der Waals surface area contributed by atoms with Crippen LogP contribution >= 0.6 is 23.2 Å². The number of fused-ring (bicyclic) bond motifs is 1. The fourth-order valence-electron chi connectivity index (χ4n) is 4.40. The molecule has 0 radical (unpaired) electrons. The van der Waals surface area contributed by atoms with Crippen LogP contribution in [-0.4, -0.2) is 37.7 Å². The number of nitrogens with zero attached hydrogens (tertiary/aromatic N) is 6. The number of nitriles is 1. The first-order valence-electron chi connectivity index (χ1n) is 12.4. The molecule has 0 amide bonds. The van der Waals surface area contributed by atoms with Crippen LogP contribution in [0.5, 0.6) is 0 Å². The first-order chi connectivity index (χ1) is 18.8. The Morgan fingerprint density at radius 3 is 2.48 bits per heavy atom. The molecule has 0 saturated heterocycles. The Morgan fingerprint density at radius 2 is 1.88 bits per heavy atom. The van der Waals surface area contributed by atoms with Crippen molar-refractivity contribution < 1.29 is 13.2 Å². The lowest BCUT2D eigenvalue weighted by molar-refractivity contribution is -0.182. The molecule has 3 aromatic heterocycles. The molecule has 1 fully saturated rings. The van der Waals surface area contributed by atoms with Crippen molar-refractivity contribution in [3.63, 3.8) is 0 Å². The number of pyridine rings is 2. The number of halogens is 5. The Hall–Kier alpha value is -3.62. The van der Waals surface area contributed by atoms with Gasteiger partial charge in [0.15, 0.2) is 5.54 Å². The molecule has 40 heavy (non-hydrogen) atoms. The molecule has 2 N–H and O–H groups in total. The van der Waals surface area contributed by atoms with Crippen LogP contribution in [0.3, 0.4) is 0 Å². The lowest BCUT2D eigenvalue weighted by Crippen LogP contribution is -2.35. The van der Waals surface area contributed by atoms with Gasteiger partial charge in [-0.2, -0.15) is 18.4 Å². The number of aromatic nitrogens is 5. The lowest BCUT2D eigenvalue weighted by Gasteiger charge is -2.22. The molecule has 1 aliphatic rings. The third kappa shape index (κ3) is 5.38. The quantitative estimate of drug-likeness (QED) is 0.222. The first-order valence-corrected chi connectivity index (χ1v) is 13.2. The van der Waals surface area contributed by atoms with Gasteiger partial charge in [-0.15, -0.1) is 5.10 Å². The number of benzene rings is 1. The van der Waals surface area contributed by atoms with Gasteiger partial charge in [-0.3, -0.25) is 4.98 Å². The van der Waals surface area contributed by atoms with Gasteiger partial charge in [0, 0.05) is 30.0 Å². The molecule has 3 heterocycles. The van der Waals surface area contributed by atoms with Crippen LogP contribution < -0.4 is 10.6 Å². The molecule has 0 spiro atoms. The molecule has 4 aromatic rings. The molecule has 208 valence electrons. The van der Waals surface area contributed by atoms with Crippen LogP contribution in [-0.2, 0) is 5.54 Å². The third-order valence-corrected chi connectivity index (χ3v) is 7.24. The molecule has 1 atom stereocenters. The first kappa shape index (κ1) is 27.9. The van der Waals surface area contributed by atoms with Gasteiger partial charge in [0.25, 0.3) is 0 Å². The van der Waals surface area contributed by atoms with Gasteiger partial charge in [-0.25, -0.2) is 9.67 Å². The van der Waals surface area contributed by atoms with Gasteiger partial charge in [0.2, 0.25) is 0 Å². The molecular weight excluding hydrogens is 564 g/mol. The van der Waals surface area contributed by atoms with Crippen LogP contribution in [0.25, 0.3) is 10.9 Å². The number of anilines is 2. The summed E-state index contributed by atoms with van der Waals surface area (Å²) in [6.07, 6.45) is -0.264. The predicted octanol–water partition coefficient (Wildman–Crippen LogP) is 7.11. The highest BCUT2D eigenvalue weighted by atomic mass is 35.5. The van der Waals surface area contributed by atoms with Crippen molar-refractivity contribution in [2.75, 3.05) is 17.2 Å². The van der Waals surface area contributed by atoms with E-state index in [9.17, 15) is 18.4 Å². The zero-order valence-corrected chi connectivity index (χ0v) is 23.3. The third-order valence-electron chi connectivity index (χ3n) is 6.73. The Morgan fingerprint density at radius 1 is 1.12 bits per heavy atom. The minimum atomic E-state index is -4.45. The highest BCUT2D eigenvalue weighted by molar-refractivity contribution is 6.35. The van der Waals surface area contributed by atoms with Gasteiger partial charge in [0.1, 0.15) is 16.9 Å². The molecule has 8 nitrogen and oxygen atoms in total. The summed E-state index contributed by atoms with van der Waals surface area (Å²) in [4.78, 5) is 8.52. The topological polar surface area (TPSA) is 104 Å². The van der Waals surface area contributed by atoms with Crippen molar-refractivity contribution in [2.24, 2.45) is 5.41 Å². The summed E-state index contributed by atoms with van der Waals surface area (Å²) in [5, 5.41) is 25.6. The molecule has 1 aromatic carbocycles. The van der Waals surface area contributed by atoms with Crippen LogP contribution in [0.15, 0.2) is 42.9 Å². The summed E-state index contributed by atoms with van der Waals surface area (Å²) in [6, 6.07) is 8.17. The molecule has 0 aliphatic heterocycles. The average Bonchev–Trinajstić information content (AvgIpc) is 3.57. The van der Waals surface area contributed by atoms with Crippen molar-refractivity contribution in [3.8, 4) is 6.07 Å².